The number of aromatic nitrogens is 1. The Balaban J connectivity index is 1.77. The van der Waals surface area contributed by atoms with Gasteiger partial charge in [-0.15, -0.1) is 11.3 Å². The summed E-state index contributed by atoms with van der Waals surface area (Å²) in [5.41, 5.74) is 7.14. The summed E-state index contributed by atoms with van der Waals surface area (Å²) in [7, 11) is 0. The second-order valence-electron chi connectivity index (χ2n) is 6.40. The molecule has 3 aromatic rings. The van der Waals surface area contributed by atoms with Crippen LogP contribution in [0.4, 0.5) is 16.5 Å². The molecule has 0 spiro atoms. The first kappa shape index (κ1) is 20.2. The van der Waals surface area contributed by atoms with E-state index in [-0.39, 0.29) is 11.5 Å². The second-order valence-corrected chi connectivity index (χ2v) is 7.24. The number of hydrogen-bond donors (Lipinski definition) is 2. The summed E-state index contributed by atoms with van der Waals surface area (Å²) in [6.45, 7) is 5.45. The normalized spacial score (nSPS) is 10.9. The van der Waals surface area contributed by atoms with Gasteiger partial charge in [0.05, 0.1) is 28.8 Å². The molecule has 0 fully saturated rings. The van der Waals surface area contributed by atoms with Gasteiger partial charge in [0.15, 0.2) is 5.13 Å². The second kappa shape index (κ2) is 8.66. The van der Waals surface area contributed by atoms with Crippen molar-refractivity contribution in [2.45, 2.75) is 20.8 Å². The summed E-state index contributed by atoms with van der Waals surface area (Å²) >= 11 is 1.36. The number of nitrogens with zero attached hydrogens (tertiary/aromatic N) is 3. The van der Waals surface area contributed by atoms with E-state index >= 15 is 0 Å². The van der Waals surface area contributed by atoms with Gasteiger partial charge in [0.25, 0.3) is 0 Å². The molecule has 2 N–H and O–H groups in total. The molecule has 0 aliphatic rings. The number of carbonyl (C=O) groups excluding carboxylic acids is 1. The van der Waals surface area contributed by atoms with Crippen molar-refractivity contribution in [1.82, 2.24) is 4.98 Å². The average Bonchev–Trinajstić information content (AvgIpc) is 3.13. The standard InChI is InChI=1S/C21H20N4O3S/c1-13-5-4-6-14(2)19(13)25(15(3)26)21-23-18(12-29-21)11-22-24-17-9-7-16(8-10-17)20(27)28/h4-12,24H,1-3H3,(H,27,28)/b22-11-. The molecule has 0 aliphatic carbocycles. The van der Waals surface area contributed by atoms with Crippen LogP contribution in [0.15, 0.2) is 52.9 Å². The van der Waals surface area contributed by atoms with Crippen LogP contribution in [0.3, 0.4) is 0 Å². The van der Waals surface area contributed by atoms with E-state index in [2.05, 4.69) is 15.5 Å². The number of carboxylic acid groups (broad SMARTS) is 1. The van der Waals surface area contributed by atoms with Crippen LogP contribution in [0, 0.1) is 13.8 Å². The quantitative estimate of drug-likeness (QED) is 0.459. The van der Waals surface area contributed by atoms with Crippen LogP contribution >= 0.6 is 11.3 Å². The number of hydrazone groups is 1. The summed E-state index contributed by atoms with van der Waals surface area (Å²) in [6.07, 6.45) is 1.55. The van der Waals surface area contributed by atoms with Gasteiger partial charge in [0.2, 0.25) is 5.91 Å². The van der Waals surface area contributed by atoms with E-state index < -0.39 is 5.97 Å². The molecule has 3 rings (SSSR count). The van der Waals surface area contributed by atoms with Crippen molar-refractivity contribution in [2.24, 2.45) is 5.10 Å². The average molecular weight is 408 g/mol. The number of benzene rings is 2. The summed E-state index contributed by atoms with van der Waals surface area (Å²) < 4.78 is 0. The van der Waals surface area contributed by atoms with Crippen molar-refractivity contribution >= 4 is 45.9 Å². The number of carbonyl (C=O) groups is 2. The van der Waals surface area contributed by atoms with Gasteiger partial charge in [-0.1, -0.05) is 18.2 Å². The van der Waals surface area contributed by atoms with Crippen LogP contribution < -0.4 is 10.3 Å². The Hall–Kier alpha value is -3.52. The van der Waals surface area contributed by atoms with Crippen molar-refractivity contribution in [3.8, 4) is 0 Å². The molecule has 148 valence electrons. The third-order valence-electron chi connectivity index (χ3n) is 4.20. The first-order valence-electron chi connectivity index (χ1n) is 8.81. The Morgan fingerprint density at radius 3 is 2.38 bits per heavy atom. The maximum Gasteiger partial charge on any atom is 0.335 e. The molecule has 0 aliphatic heterocycles. The van der Waals surface area contributed by atoms with Gasteiger partial charge in [-0.05, 0) is 49.2 Å². The number of thiazole rings is 1. The number of amides is 1. The number of aromatic carboxylic acids is 1. The third-order valence-corrected chi connectivity index (χ3v) is 5.05. The molecule has 0 saturated carbocycles. The molecule has 1 amide bonds. The molecule has 2 aromatic carbocycles. The minimum atomic E-state index is -0.978. The lowest BCUT2D eigenvalue weighted by molar-refractivity contribution is -0.115. The topological polar surface area (TPSA) is 94.9 Å². The monoisotopic (exact) mass is 408 g/mol. The van der Waals surface area contributed by atoms with Crippen molar-refractivity contribution in [3.05, 3.63) is 70.2 Å². The van der Waals surface area contributed by atoms with Crippen molar-refractivity contribution in [1.29, 1.82) is 0 Å². The van der Waals surface area contributed by atoms with E-state index in [9.17, 15) is 9.59 Å². The van der Waals surface area contributed by atoms with Crippen molar-refractivity contribution in [2.75, 3.05) is 10.3 Å². The highest BCUT2D eigenvalue weighted by Crippen LogP contribution is 2.33. The highest BCUT2D eigenvalue weighted by atomic mass is 32.1. The van der Waals surface area contributed by atoms with Gasteiger partial charge < -0.3 is 5.11 Å². The Bertz CT molecular complexity index is 1050. The molecule has 0 unspecified atom stereocenters. The minimum absolute atomic E-state index is 0.114. The molecule has 7 nitrogen and oxygen atoms in total. The first-order valence-corrected chi connectivity index (χ1v) is 9.69. The van der Waals surface area contributed by atoms with E-state index in [0.717, 1.165) is 16.8 Å². The molecule has 0 saturated heterocycles. The number of para-hydroxylation sites is 1. The molecule has 0 atom stereocenters. The number of anilines is 3. The number of rotatable bonds is 6. The summed E-state index contributed by atoms with van der Waals surface area (Å²) in [5, 5.41) is 15.4. The Labute approximate surface area is 172 Å². The number of aryl methyl sites for hydroxylation is 2. The lowest BCUT2D eigenvalue weighted by Gasteiger charge is -2.22. The fraction of sp³-hybridized carbons (Fsp3) is 0.143. The SMILES string of the molecule is CC(=O)N(c1nc(/C=N\Nc2ccc(C(=O)O)cc2)cs1)c1c(C)cccc1C. The largest absolute Gasteiger partial charge is 0.478 e. The zero-order chi connectivity index (χ0) is 21.0. The van der Waals surface area contributed by atoms with Gasteiger partial charge in [-0.3, -0.25) is 15.1 Å². The zero-order valence-corrected chi connectivity index (χ0v) is 17.0. The van der Waals surface area contributed by atoms with Crippen LogP contribution in [0.25, 0.3) is 0 Å². The lowest BCUT2D eigenvalue weighted by Crippen LogP contribution is -2.24. The van der Waals surface area contributed by atoms with Gasteiger partial charge in [-0.25, -0.2) is 9.78 Å². The Morgan fingerprint density at radius 2 is 1.79 bits per heavy atom. The molecule has 0 radical (unpaired) electrons. The molecule has 8 heteroatoms. The van der Waals surface area contributed by atoms with Crippen LogP contribution in [0.2, 0.25) is 0 Å². The van der Waals surface area contributed by atoms with Gasteiger partial charge in [-0.2, -0.15) is 5.10 Å². The smallest absolute Gasteiger partial charge is 0.335 e. The van der Waals surface area contributed by atoms with Crippen LogP contribution in [-0.4, -0.2) is 28.2 Å². The highest BCUT2D eigenvalue weighted by molar-refractivity contribution is 7.14. The predicted octanol–water partition coefficient (Wildman–Crippen LogP) is 4.59. The summed E-state index contributed by atoms with van der Waals surface area (Å²) in [4.78, 5) is 29.3. The summed E-state index contributed by atoms with van der Waals surface area (Å²) in [6, 6.07) is 12.1. The van der Waals surface area contributed by atoms with Crippen molar-refractivity contribution in [3.63, 3.8) is 0 Å². The third kappa shape index (κ3) is 4.67. The highest BCUT2D eigenvalue weighted by Gasteiger charge is 2.21. The first-order chi connectivity index (χ1) is 13.9. The summed E-state index contributed by atoms with van der Waals surface area (Å²) in [5.74, 6) is -1.09. The maximum absolute atomic E-state index is 12.3. The van der Waals surface area contributed by atoms with E-state index in [4.69, 9.17) is 5.11 Å². The number of nitrogens with one attached hydrogen (secondary N) is 1. The van der Waals surface area contributed by atoms with Gasteiger partial charge in [0.1, 0.15) is 0 Å². The van der Waals surface area contributed by atoms with E-state index in [1.54, 1.807) is 23.2 Å². The fourth-order valence-electron chi connectivity index (χ4n) is 2.84. The molecule has 1 aromatic heterocycles. The lowest BCUT2D eigenvalue weighted by atomic mass is 10.1. The van der Waals surface area contributed by atoms with Crippen LogP contribution in [0.5, 0.6) is 0 Å². The molecule has 29 heavy (non-hydrogen) atoms. The van der Waals surface area contributed by atoms with E-state index in [1.165, 1.54) is 30.4 Å². The maximum atomic E-state index is 12.3. The number of carboxylic acids is 1. The molecule has 1 heterocycles. The van der Waals surface area contributed by atoms with Crippen LogP contribution in [-0.2, 0) is 4.79 Å². The van der Waals surface area contributed by atoms with Gasteiger partial charge in [0, 0.05) is 12.3 Å². The van der Waals surface area contributed by atoms with Gasteiger partial charge >= 0.3 is 5.97 Å². The van der Waals surface area contributed by atoms with Crippen molar-refractivity contribution < 1.29 is 14.7 Å². The minimum Gasteiger partial charge on any atom is -0.478 e. The zero-order valence-electron chi connectivity index (χ0n) is 16.2. The van der Waals surface area contributed by atoms with E-state index in [1.807, 2.05) is 37.4 Å². The molecular weight excluding hydrogens is 388 g/mol. The predicted molar refractivity (Wildman–Crippen MR) is 115 cm³/mol. The van der Waals surface area contributed by atoms with E-state index in [0.29, 0.717) is 16.5 Å². The molecule has 0 bridgehead atoms. The Morgan fingerprint density at radius 1 is 1.14 bits per heavy atom. The number of hydrogen-bond acceptors (Lipinski definition) is 6. The Kier molecular flexibility index (Phi) is 6.04. The van der Waals surface area contributed by atoms with Crippen LogP contribution in [0.1, 0.15) is 34.1 Å². The molecular formula is C21H20N4O3S. The fourth-order valence-corrected chi connectivity index (χ4v) is 3.67.